The summed E-state index contributed by atoms with van der Waals surface area (Å²) in [6.45, 7) is 0. The summed E-state index contributed by atoms with van der Waals surface area (Å²) in [6.07, 6.45) is 2.95. The van der Waals surface area contributed by atoms with Crippen LogP contribution in [0.3, 0.4) is 0 Å². The molecular formula is C10H8ClN3O. The lowest BCUT2D eigenvalue weighted by molar-refractivity contribution is 0.475. The normalized spacial score (nSPS) is 10.2. The van der Waals surface area contributed by atoms with Crippen LogP contribution in [0.2, 0.25) is 5.02 Å². The van der Waals surface area contributed by atoms with Crippen LogP contribution in [0, 0.1) is 0 Å². The summed E-state index contributed by atoms with van der Waals surface area (Å²) in [5.41, 5.74) is 6.62. The van der Waals surface area contributed by atoms with Crippen molar-refractivity contribution in [1.82, 2.24) is 9.97 Å². The minimum Gasteiger partial charge on any atom is -0.508 e. The summed E-state index contributed by atoms with van der Waals surface area (Å²) in [5, 5.41) is 9.83. The minimum absolute atomic E-state index is 0.132. The predicted octanol–water partition coefficient (Wildman–Crippen LogP) is 2.08. The van der Waals surface area contributed by atoms with E-state index >= 15 is 0 Å². The molecule has 1 aromatic carbocycles. The Morgan fingerprint density at radius 3 is 2.67 bits per heavy atom. The van der Waals surface area contributed by atoms with Crippen molar-refractivity contribution in [3.05, 3.63) is 35.6 Å². The van der Waals surface area contributed by atoms with Crippen molar-refractivity contribution < 1.29 is 5.11 Å². The van der Waals surface area contributed by atoms with Gasteiger partial charge in [-0.3, -0.25) is 4.98 Å². The number of aromatic nitrogens is 2. The molecule has 0 amide bonds. The van der Waals surface area contributed by atoms with Crippen molar-refractivity contribution in [1.29, 1.82) is 0 Å². The number of halogens is 1. The Labute approximate surface area is 91.4 Å². The molecule has 2 aromatic rings. The van der Waals surface area contributed by atoms with E-state index in [0.29, 0.717) is 22.1 Å². The molecule has 0 aliphatic carbocycles. The Morgan fingerprint density at radius 2 is 2.00 bits per heavy atom. The van der Waals surface area contributed by atoms with Gasteiger partial charge in [-0.1, -0.05) is 11.6 Å². The van der Waals surface area contributed by atoms with E-state index in [2.05, 4.69) is 9.97 Å². The van der Waals surface area contributed by atoms with Gasteiger partial charge in [-0.15, -0.1) is 0 Å². The first-order valence-electron chi connectivity index (χ1n) is 4.23. The third kappa shape index (κ3) is 1.99. The van der Waals surface area contributed by atoms with Crippen LogP contribution in [0.4, 0.5) is 5.82 Å². The van der Waals surface area contributed by atoms with Crippen LogP contribution in [0.5, 0.6) is 5.75 Å². The molecule has 0 unspecified atom stereocenters. The van der Waals surface area contributed by atoms with Crippen LogP contribution < -0.4 is 5.73 Å². The summed E-state index contributed by atoms with van der Waals surface area (Å²) in [5.74, 6) is 0.475. The first-order valence-corrected chi connectivity index (χ1v) is 4.61. The Hall–Kier alpha value is -1.81. The zero-order chi connectivity index (χ0) is 10.8. The molecule has 0 bridgehead atoms. The summed E-state index contributed by atoms with van der Waals surface area (Å²) >= 11 is 5.96. The second-order valence-electron chi connectivity index (χ2n) is 2.99. The smallest absolute Gasteiger partial charge is 0.141 e. The zero-order valence-electron chi connectivity index (χ0n) is 7.68. The SMILES string of the molecule is Nc1cnc(-c2cc(O)ccc2Cl)cn1. The Balaban J connectivity index is 2.53. The third-order valence-electron chi connectivity index (χ3n) is 1.90. The van der Waals surface area contributed by atoms with Gasteiger partial charge in [0.1, 0.15) is 11.6 Å². The number of nitrogen functional groups attached to an aromatic ring is 1. The number of nitrogens with zero attached hydrogens (tertiary/aromatic N) is 2. The zero-order valence-corrected chi connectivity index (χ0v) is 8.44. The molecule has 5 heteroatoms. The van der Waals surface area contributed by atoms with Crippen LogP contribution in [0.1, 0.15) is 0 Å². The highest BCUT2D eigenvalue weighted by molar-refractivity contribution is 6.33. The summed E-state index contributed by atoms with van der Waals surface area (Å²) in [6, 6.07) is 4.64. The molecule has 3 N–H and O–H groups in total. The van der Waals surface area contributed by atoms with Crippen LogP contribution in [0.15, 0.2) is 30.6 Å². The van der Waals surface area contributed by atoms with E-state index in [1.54, 1.807) is 6.07 Å². The van der Waals surface area contributed by atoms with E-state index < -0.39 is 0 Å². The van der Waals surface area contributed by atoms with Crippen molar-refractivity contribution in [3.63, 3.8) is 0 Å². The largest absolute Gasteiger partial charge is 0.508 e. The number of rotatable bonds is 1. The van der Waals surface area contributed by atoms with Crippen molar-refractivity contribution in [3.8, 4) is 17.0 Å². The van der Waals surface area contributed by atoms with Gasteiger partial charge < -0.3 is 10.8 Å². The highest BCUT2D eigenvalue weighted by atomic mass is 35.5. The average Bonchev–Trinajstić information content (AvgIpc) is 2.23. The molecule has 4 nitrogen and oxygen atoms in total. The molecule has 1 aromatic heterocycles. The van der Waals surface area contributed by atoms with Crippen LogP contribution in [-0.4, -0.2) is 15.1 Å². The molecule has 0 aliphatic rings. The van der Waals surface area contributed by atoms with Gasteiger partial charge in [0.05, 0.1) is 23.1 Å². The molecule has 2 rings (SSSR count). The van der Waals surface area contributed by atoms with Gasteiger partial charge >= 0.3 is 0 Å². The summed E-state index contributed by atoms with van der Waals surface area (Å²) in [7, 11) is 0. The highest BCUT2D eigenvalue weighted by Crippen LogP contribution is 2.29. The number of nitrogens with two attached hydrogens (primary N) is 1. The average molecular weight is 222 g/mol. The number of benzene rings is 1. The molecule has 0 radical (unpaired) electrons. The van der Waals surface area contributed by atoms with Gasteiger partial charge in [0.2, 0.25) is 0 Å². The maximum Gasteiger partial charge on any atom is 0.141 e. The van der Waals surface area contributed by atoms with Crippen molar-refractivity contribution in [2.75, 3.05) is 5.73 Å². The maximum atomic E-state index is 9.32. The van der Waals surface area contributed by atoms with Crippen LogP contribution in [0.25, 0.3) is 11.3 Å². The first-order chi connectivity index (χ1) is 7.16. The second-order valence-corrected chi connectivity index (χ2v) is 3.40. The predicted molar refractivity (Wildman–Crippen MR) is 58.6 cm³/mol. The van der Waals surface area contributed by atoms with Gasteiger partial charge in [0.15, 0.2) is 0 Å². The van der Waals surface area contributed by atoms with Gasteiger partial charge in [0.25, 0.3) is 0 Å². The van der Waals surface area contributed by atoms with Crippen molar-refractivity contribution >= 4 is 17.4 Å². The maximum absolute atomic E-state index is 9.32. The molecule has 0 aliphatic heterocycles. The molecule has 0 atom stereocenters. The van der Waals surface area contributed by atoms with Gasteiger partial charge in [-0.25, -0.2) is 4.98 Å². The molecule has 15 heavy (non-hydrogen) atoms. The molecule has 1 heterocycles. The molecule has 0 spiro atoms. The van der Waals surface area contributed by atoms with Gasteiger partial charge in [-0.2, -0.15) is 0 Å². The number of anilines is 1. The number of phenolic OH excluding ortho intramolecular Hbond substituents is 1. The van der Waals surface area contributed by atoms with E-state index in [0.717, 1.165) is 0 Å². The first kappa shape index (κ1) is 9.73. The Bertz CT molecular complexity index is 485. The second kappa shape index (κ2) is 3.74. The minimum atomic E-state index is 0.132. The molecule has 76 valence electrons. The van der Waals surface area contributed by atoms with E-state index in [1.807, 2.05) is 0 Å². The molecule has 0 fully saturated rings. The lowest BCUT2D eigenvalue weighted by atomic mass is 10.1. The molecule has 0 saturated carbocycles. The van der Waals surface area contributed by atoms with Gasteiger partial charge in [-0.05, 0) is 18.2 Å². The standard InChI is InChI=1S/C10H8ClN3O/c11-8-2-1-6(15)3-7(8)9-4-14-10(12)5-13-9/h1-5,15H,(H2,12,14). The number of aromatic hydroxyl groups is 1. The monoisotopic (exact) mass is 221 g/mol. The molecule has 0 saturated heterocycles. The van der Waals surface area contributed by atoms with Crippen LogP contribution in [-0.2, 0) is 0 Å². The quantitative estimate of drug-likeness (QED) is 0.774. The van der Waals surface area contributed by atoms with E-state index in [9.17, 15) is 5.11 Å². The molecular weight excluding hydrogens is 214 g/mol. The summed E-state index contributed by atoms with van der Waals surface area (Å²) < 4.78 is 0. The van der Waals surface area contributed by atoms with E-state index in [1.165, 1.54) is 24.5 Å². The van der Waals surface area contributed by atoms with Gasteiger partial charge in [0, 0.05) is 5.56 Å². The van der Waals surface area contributed by atoms with Crippen LogP contribution >= 0.6 is 11.6 Å². The number of hydrogen-bond donors (Lipinski definition) is 2. The fraction of sp³-hybridized carbons (Fsp3) is 0. The number of hydrogen-bond acceptors (Lipinski definition) is 4. The Morgan fingerprint density at radius 1 is 1.20 bits per heavy atom. The highest BCUT2D eigenvalue weighted by Gasteiger charge is 2.06. The lowest BCUT2D eigenvalue weighted by Crippen LogP contribution is -1.92. The van der Waals surface area contributed by atoms with E-state index in [4.69, 9.17) is 17.3 Å². The van der Waals surface area contributed by atoms with E-state index in [-0.39, 0.29) is 5.75 Å². The summed E-state index contributed by atoms with van der Waals surface area (Å²) in [4.78, 5) is 7.97. The van der Waals surface area contributed by atoms with Crippen molar-refractivity contribution in [2.45, 2.75) is 0 Å². The fourth-order valence-corrected chi connectivity index (χ4v) is 1.40. The Kier molecular flexibility index (Phi) is 2.43. The third-order valence-corrected chi connectivity index (χ3v) is 2.23. The fourth-order valence-electron chi connectivity index (χ4n) is 1.19. The number of phenols is 1. The topological polar surface area (TPSA) is 72.0 Å². The van der Waals surface area contributed by atoms with Crippen molar-refractivity contribution in [2.24, 2.45) is 0 Å². The lowest BCUT2D eigenvalue weighted by Gasteiger charge is -2.03.